The molecule has 1 aromatic rings. The highest BCUT2D eigenvalue weighted by molar-refractivity contribution is 5.69. The molecule has 4 heteroatoms. The molecule has 1 aromatic heterocycles. The molecule has 0 aliphatic carbocycles. The fraction of sp³-hybridized carbons (Fsp3) is 0.333. The third-order valence-electron chi connectivity index (χ3n) is 1.44. The molecule has 0 aliphatic rings. The smallest absolute Gasteiger partial charge is 0.333 e. The van der Waals surface area contributed by atoms with Crippen molar-refractivity contribution in [3.63, 3.8) is 0 Å². The number of pyridine rings is 1. The Morgan fingerprint density at radius 2 is 2.31 bits per heavy atom. The fourth-order valence-corrected chi connectivity index (χ4v) is 0.848. The van der Waals surface area contributed by atoms with E-state index >= 15 is 0 Å². The SMILES string of the molecule is CCCC(=O)On1ccccc1=O. The highest BCUT2D eigenvalue weighted by atomic mass is 16.7. The highest BCUT2D eigenvalue weighted by Gasteiger charge is 2.02. The van der Waals surface area contributed by atoms with Crippen LogP contribution in [0.3, 0.4) is 0 Å². The maximum absolute atomic E-state index is 11.0. The van der Waals surface area contributed by atoms with E-state index < -0.39 is 5.97 Å². The van der Waals surface area contributed by atoms with Crippen molar-refractivity contribution in [1.29, 1.82) is 0 Å². The van der Waals surface area contributed by atoms with E-state index in [1.807, 2.05) is 6.92 Å². The Labute approximate surface area is 75.7 Å². The Balaban J connectivity index is 2.69. The van der Waals surface area contributed by atoms with Gasteiger partial charge in [0.25, 0.3) is 5.56 Å². The summed E-state index contributed by atoms with van der Waals surface area (Å²) in [5, 5.41) is 0. The van der Waals surface area contributed by atoms with Gasteiger partial charge in [0.05, 0.1) is 0 Å². The van der Waals surface area contributed by atoms with Gasteiger partial charge in [-0.1, -0.05) is 13.0 Å². The Morgan fingerprint density at radius 3 is 2.92 bits per heavy atom. The van der Waals surface area contributed by atoms with Crippen molar-refractivity contribution < 1.29 is 9.63 Å². The van der Waals surface area contributed by atoms with Crippen molar-refractivity contribution in [2.45, 2.75) is 19.8 Å². The van der Waals surface area contributed by atoms with Crippen LogP contribution < -0.4 is 10.4 Å². The van der Waals surface area contributed by atoms with E-state index in [1.165, 1.54) is 12.3 Å². The molecule has 0 aromatic carbocycles. The lowest BCUT2D eigenvalue weighted by atomic mass is 10.3. The highest BCUT2D eigenvalue weighted by Crippen LogP contribution is 1.87. The standard InChI is InChI=1S/C9H11NO3/c1-2-5-9(12)13-10-7-4-3-6-8(10)11/h3-4,6-7H,2,5H2,1H3. The largest absolute Gasteiger partial charge is 0.333 e. The number of hydrogen-bond acceptors (Lipinski definition) is 3. The third kappa shape index (κ3) is 2.74. The van der Waals surface area contributed by atoms with Crippen LogP contribution in [0.2, 0.25) is 0 Å². The summed E-state index contributed by atoms with van der Waals surface area (Å²) in [6.45, 7) is 1.87. The minimum absolute atomic E-state index is 0.321. The van der Waals surface area contributed by atoms with Gasteiger partial charge in [0.15, 0.2) is 0 Å². The molecular weight excluding hydrogens is 170 g/mol. The van der Waals surface area contributed by atoms with Gasteiger partial charge in [0, 0.05) is 18.7 Å². The van der Waals surface area contributed by atoms with Crippen molar-refractivity contribution in [2.24, 2.45) is 0 Å². The van der Waals surface area contributed by atoms with Crippen molar-refractivity contribution in [3.05, 3.63) is 34.7 Å². The van der Waals surface area contributed by atoms with E-state index in [1.54, 1.807) is 12.1 Å². The van der Waals surface area contributed by atoms with Crippen LogP contribution in [0.4, 0.5) is 0 Å². The summed E-state index contributed by atoms with van der Waals surface area (Å²) in [7, 11) is 0. The van der Waals surface area contributed by atoms with Crippen LogP contribution in [0, 0.1) is 0 Å². The van der Waals surface area contributed by atoms with Gasteiger partial charge in [-0.05, 0) is 12.5 Å². The molecular formula is C9H11NO3. The number of aromatic nitrogens is 1. The summed E-state index contributed by atoms with van der Waals surface area (Å²) in [5.41, 5.74) is -0.341. The minimum atomic E-state index is -0.393. The van der Waals surface area contributed by atoms with E-state index in [4.69, 9.17) is 4.84 Å². The van der Waals surface area contributed by atoms with Gasteiger partial charge in [-0.25, -0.2) is 4.79 Å². The molecule has 1 heterocycles. The Hall–Kier alpha value is -1.58. The summed E-state index contributed by atoms with van der Waals surface area (Å²) in [4.78, 5) is 26.8. The summed E-state index contributed by atoms with van der Waals surface area (Å²) in [5.74, 6) is -0.393. The van der Waals surface area contributed by atoms with Crippen LogP contribution in [0.1, 0.15) is 19.8 Å². The summed E-state index contributed by atoms with van der Waals surface area (Å²) < 4.78 is 0.929. The monoisotopic (exact) mass is 181 g/mol. The number of nitrogens with zero attached hydrogens (tertiary/aromatic N) is 1. The molecule has 0 fully saturated rings. The maximum atomic E-state index is 11.0. The second-order valence-corrected chi connectivity index (χ2v) is 2.58. The molecule has 0 saturated carbocycles. The fourth-order valence-electron chi connectivity index (χ4n) is 0.848. The van der Waals surface area contributed by atoms with Gasteiger partial charge in [-0.2, -0.15) is 0 Å². The van der Waals surface area contributed by atoms with Crippen LogP contribution >= 0.6 is 0 Å². The molecule has 13 heavy (non-hydrogen) atoms. The maximum Gasteiger partial charge on any atom is 0.333 e. The van der Waals surface area contributed by atoms with Crippen LogP contribution in [0.25, 0.3) is 0 Å². The van der Waals surface area contributed by atoms with Crippen molar-refractivity contribution >= 4 is 5.97 Å². The third-order valence-corrected chi connectivity index (χ3v) is 1.44. The van der Waals surface area contributed by atoms with Crippen LogP contribution in [0.5, 0.6) is 0 Å². The number of rotatable bonds is 3. The van der Waals surface area contributed by atoms with Crippen molar-refractivity contribution in [1.82, 2.24) is 4.73 Å². The quantitative estimate of drug-likeness (QED) is 0.686. The Kier molecular flexibility index (Phi) is 3.25. The lowest BCUT2D eigenvalue weighted by molar-refractivity contribution is -0.144. The minimum Gasteiger partial charge on any atom is -0.333 e. The predicted octanol–water partition coefficient (Wildman–Crippen LogP) is 0.604. The Morgan fingerprint density at radius 1 is 1.54 bits per heavy atom. The van der Waals surface area contributed by atoms with Gasteiger partial charge >= 0.3 is 5.97 Å². The lowest BCUT2D eigenvalue weighted by Gasteiger charge is -2.03. The first kappa shape index (κ1) is 9.51. The van der Waals surface area contributed by atoms with Crippen LogP contribution in [-0.2, 0) is 4.79 Å². The van der Waals surface area contributed by atoms with E-state index in [9.17, 15) is 9.59 Å². The zero-order valence-corrected chi connectivity index (χ0v) is 7.40. The second kappa shape index (κ2) is 4.45. The van der Waals surface area contributed by atoms with E-state index in [2.05, 4.69) is 0 Å². The number of carbonyl (C=O) groups excluding carboxylic acids is 1. The molecule has 4 nitrogen and oxygen atoms in total. The Bertz CT molecular complexity index is 343. The van der Waals surface area contributed by atoms with Gasteiger partial charge in [-0.15, -0.1) is 4.73 Å². The number of hydrogen-bond donors (Lipinski definition) is 0. The lowest BCUT2D eigenvalue weighted by Crippen LogP contribution is -2.29. The van der Waals surface area contributed by atoms with Crippen molar-refractivity contribution in [2.75, 3.05) is 0 Å². The molecule has 0 amide bonds. The summed E-state index contributed by atoms with van der Waals surface area (Å²) >= 11 is 0. The normalized spacial score (nSPS) is 9.62. The first-order valence-electron chi connectivity index (χ1n) is 4.13. The summed E-state index contributed by atoms with van der Waals surface area (Å²) in [6, 6.07) is 4.55. The molecule has 0 atom stereocenters. The van der Waals surface area contributed by atoms with E-state index in [-0.39, 0.29) is 5.56 Å². The first-order valence-corrected chi connectivity index (χ1v) is 4.13. The van der Waals surface area contributed by atoms with Gasteiger partial charge in [0.2, 0.25) is 0 Å². The molecule has 0 bridgehead atoms. The molecule has 0 unspecified atom stereocenters. The zero-order valence-electron chi connectivity index (χ0n) is 7.40. The van der Waals surface area contributed by atoms with Crippen LogP contribution in [-0.4, -0.2) is 10.7 Å². The summed E-state index contributed by atoms with van der Waals surface area (Å²) in [6.07, 6.45) is 2.44. The molecule has 0 aliphatic heterocycles. The zero-order chi connectivity index (χ0) is 9.68. The topological polar surface area (TPSA) is 48.3 Å². The molecule has 0 saturated heterocycles. The average molecular weight is 181 g/mol. The molecule has 1 rings (SSSR count). The van der Waals surface area contributed by atoms with E-state index in [0.29, 0.717) is 12.8 Å². The predicted molar refractivity (Wildman–Crippen MR) is 47.2 cm³/mol. The molecule has 0 spiro atoms. The first-order chi connectivity index (χ1) is 6.24. The van der Waals surface area contributed by atoms with Gasteiger partial charge in [0.1, 0.15) is 0 Å². The van der Waals surface area contributed by atoms with Gasteiger partial charge in [-0.3, -0.25) is 4.79 Å². The van der Waals surface area contributed by atoms with E-state index in [0.717, 1.165) is 4.73 Å². The van der Waals surface area contributed by atoms with Crippen LogP contribution in [0.15, 0.2) is 29.2 Å². The van der Waals surface area contributed by atoms with Gasteiger partial charge < -0.3 is 4.84 Å². The number of carbonyl (C=O) groups is 1. The average Bonchev–Trinajstić information content (AvgIpc) is 2.09. The molecule has 0 radical (unpaired) electrons. The molecule has 70 valence electrons. The van der Waals surface area contributed by atoms with Crippen molar-refractivity contribution in [3.8, 4) is 0 Å². The second-order valence-electron chi connectivity index (χ2n) is 2.58. The molecule has 0 N–H and O–H groups in total.